The highest BCUT2D eigenvalue weighted by Gasteiger charge is 2.08. The smallest absolute Gasteiger partial charge is 0.0297 e. The number of hydrogen-bond acceptors (Lipinski definition) is 1. The number of hydrogen-bond donors (Lipinski definition) is 1. The lowest BCUT2D eigenvalue weighted by Crippen LogP contribution is -2.11. The van der Waals surface area contributed by atoms with Gasteiger partial charge in [0.1, 0.15) is 0 Å². The molecule has 0 heterocycles. The third-order valence-corrected chi connectivity index (χ3v) is 2.96. The van der Waals surface area contributed by atoms with Crippen molar-refractivity contribution >= 4 is 15.9 Å². The standard InChI is InChI=1S/C13H16BrN/c1-3-4-5-6-13(15)12-8-7-11(14)9-10(12)2/h1,7-9,13H,4-6,15H2,2H3. The van der Waals surface area contributed by atoms with Gasteiger partial charge in [0.2, 0.25) is 0 Å². The van der Waals surface area contributed by atoms with E-state index >= 15 is 0 Å². The van der Waals surface area contributed by atoms with E-state index in [4.69, 9.17) is 12.2 Å². The van der Waals surface area contributed by atoms with Gasteiger partial charge in [0.05, 0.1) is 0 Å². The third kappa shape index (κ3) is 3.70. The van der Waals surface area contributed by atoms with Crippen LogP contribution < -0.4 is 5.73 Å². The van der Waals surface area contributed by atoms with Crippen LogP contribution in [0.5, 0.6) is 0 Å². The van der Waals surface area contributed by atoms with Crippen LogP contribution >= 0.6 is 15.9 Å². The van der Waals surface area contributed by atoms with Crippen molar-refractivity contribution in [3.05, 3.63) is 33.8 Å². The molecule has 0 fully saturated rings. The van der Waals surface area contributed by atoms with Gasteiger partial charge in [-0.25, -0.2) is 0 Å². The van der Waals surface area contributed by atoms with Crippen molar-refractivity contribution in [2.75, 3.05) is 0 Å². The van der Waals surface area contributed by atoms with Crippen molar-refractivity contribution in [3.63, 3.8) is 0 Å². The summed E-state index contributed by atoms with van der Waals surface area (Å²) in [6, 6.07) is 6.31. The normalized spacial score (nSPS) is 12.1. The van der Waals surface area contributed by atoms with Gasteiger partial charge in [0, 0.05) is 16.9 Å². The van der Waals surface area contributed by atoms with Crippen LogP contribution in [0.1, 0.15) is 36.4 Å². The maximum Gasteiger partial charge on any atom is 0.0297 e. The SMILES string of the molecule is C#CCCCC(N)c1ccc(Br)cc1C. The molecular formula is C13H16BrN. The molecule has 0 saturated carbocycles. The van der Waals surface area contributed by atoms with Gasteiger partial charge in [-0.1, -0.05) is 22.0 Å². The van der Waals surface area contributed by atoms with Crippen molar-refractivity contribution in [2.24, 2.45) is 5.73 Å². The second-order valence-corrected chi connectivity index (χ2v) is 4.62. The quantitative estimate of drug-likeness (QED) is 0.654. The molecule has 0 aliphatic carbocycles. The summed E-state index contributed by atoms with van der Waals surface area (Å²) in [4.78, 5) is 0. The van der Waals surface area contributed by atoms with Crippen molar-refractivity contribution < 1.29 is 0 Å². The fourth-order valence-electron chi connectivity index (χ4n) is 1.63. The van der Waals surface area contributed by atoms with Crippen LogP contribution in [0.2, 0.25) is 0 Å². The average Bonchev–Trinajstić information content (AvgIpc) is 2.17. The molecule has 1 aromatic rings. The summed E-state index contributed by atoms with van der Waals surface area (Å²) in [5.41, 5.74) is 8.55. The summed E-state index contributed by atoms with van der Waals surface area (Å²) >= 11 is 3.44. The lowest BCUT2D eigenvalue weighted by Gasteiger charge is -2.14. The zero-order valence-corrected chi connectivity index (χ0v) is 10.5. The van der Waals surface area contributed by atoms with E-state index in [2.05, 4.69) is 40.9 Å². The molecule has 2 N–H and O–H groups in total. The lowest BCUT2D eigenvalue weighted by atomic mass is 9.98. The van der Waals surface area contributed by atoms with Gasteiger partial charge < -0.3 is 5.73 Å². The molecule has 0 aliphatic heterocycles. The Morgan fingerprint density at radius 2 is 2.27 bits per heavy atom. The molecule has 0 aliphatic rings. The van der Waals surface area contributed by atoms with Crippen molar-refractivity contribution in [3.8, 4) is 12.3 Å². The number of unbranched alkanes of at least 4 members (excludes halogenated alkanes) is 1. The molecule has 0 radical (unpaired) electrons. The highest BCUT2D eigenvalue weighted by Crippen LogP contribution is 2.23. The van der Waals surface area contributed by atoms with Crippen molar-refractivity contribution in [1.82, 2.24) is 0 Å². The lowest BCUT2D eigenvalue weighted by molar-refractivity contribution is 0.618. The molecule has 80 valence electrons. The number of halogens is 1. The Balaban J connectivity index is 2.66. The Morgan fingerprint density at radius 1 is 1.53 bits per heavy atom. The van der Waals surface area contributed by atoms with E-state index in [1.807, 2.05) is 6.07 Å². The average molecular weight is 266 g/mol. The first-order valence-corrected chi connectivity index (χ1v) is 5.89. The molecule has 15 heavy (non-hydrogen) atoms. The number of rotatable bonds is 4. The Bertz CT molecular complexity index is 365. The summed E-state index contributed by atoms with van der Waals surface area (Å²) in [5.74, 6) is 2.64. The maximum atomic E-state index is 6.10. The van der Waals surface area contributed by atoms with E-state index in [0.717, 1.165) is 23.7 Å². The molecule has 2 heteroatoms. The Kier molecular flexibility index (Phi) is 4.87. The number of nitrogens with two attached hydrogens (primary N) is 1. The predicted octanol–water partition coefficient (Wildman–Crippen LogP) is 3.56. The Hall–Kier alpha value is -0.780. The van der Waals surface area contributed by atoms with Gasteiger partial charge in [-0.2, -0.15) is 0 Å². The minimum Gasteiger partial charge on any atom is -0.324 e. The highest BCUT2D eigenvalue weighted by atomic mass is 79.9. The zero-order valence-electron chi connectivity index (χ0n) is 8.96. The highest BCUT2D eigenvalue weighted by molar-refractivity contribution is 9.10. The predicted molar refractivity (Wildman–Crippen MR) is 68.5 cm³/mol. The monoisotopic (exact) mass is 265 g/mol. The minimum atomic E-state index is 0.103. The molecule has 1 unspecified atom stereocenters. The van der Waals surface area contributed by atoms with Crippen LogP contribution in [0.25, 0.3) is 0 Å². The fourth-order valence-corrected chi connectivity index (χ4v) is 2.11. The number of terminal acetylenes is 1. The first kappa shape index (κ1) is 12.3. The van der Waals surface area contributed by atoms with Crippen LogP contribution in [-0.4, -0.2) is 0 Å². The summed E-state index contributed by atoms with van der Waals surface area (Å²) in [5, 5.41) is 0. The largest absolute Gasteiger partial charge is 0.324 e. The van der Waals surface area contributed by atoms with E-state index in [1.165, 1.54) is 11.1 Å². The summed E-state index contributed by atoms with van der Waals surface area (Å²) < 4.78 is 1.10. The van der Waals surface area contributed by atoms with E-state index < -0.39 is 0 Å². The second kappa shape index (κ2) is 5.95. The molecule has 1 aromatic carbocycles. The summed E-state index contributed by atoms with van der Waals surface area (Å²) in [7, 11) is 0. The topological polar surface area (TPSA) is 26.0 Å². The van der Waals surface area contributed by atoms with Crippen molar-refractivity contribution in [1.29, 1.82) is 0 Å². The molecule has 0 saturated heterocycles. The molecule has 1 atom stereocenters. The van der Waals surface area contributed by atoms with E-state index in [-0.39, 0.29) is 6.04 Å². The molecule has 0 spiro atoms. The molecule has 0 aromatic heterocycles. The van der Waals surface area contributed by atoms with E-state index in [0.29, 0.717) is 0 Å². The van der Waals surface area contributed by atoms with Crippen LogP contribution in [0.4, 0.5) is 0 Å². The zero-order chi connectivity index (χ0) is 11.3. The number of benzene rings is 1. The molecule has 1 nitrogen and oxygen atoms in total. The van der Waals surface area contributed by atoms with Crippen LogP contribution in [0.3, 0.4) is 0 Å². The van der Waals surface area contributed by atoms with Crippen LogP contribution in [0, 0.1) is 19.3 Å². The van der Waals surface area contributed by atoms with Crippen LogP contribution in [0.15, 0.2) is 22.7 Å². The van der Waals surface area contributed by atoms with Gasteiger partial charge in [-0.05, 0) is 43.0 Å². The molecule has 0 amide bonds. The number of aryl methyl sites for hydroxylation is 1. The molecule has 0 bridgehead atoms. The fraction of sp³-hybridized carbons (Fsp3) is 0.385. The summed E-state index contributed by atoms with van der Waals surface area (Å²) in [6.45, 7) is 2.08. The van der Waals surface area contributed by atoms with Crippen LogP contribution in [-0.2, 0) is 0 Å². The van der Waals surface area contributed by atoms with Gasteiger partial charge in [-0.15, -0.1) is 12.3 Å². The third-order valence-electron chi connectivity index (χ3n) is 2.47. The van der Waals surface area contributed by atoms with Gasteiger partial charge in [0.15, 0.2) is 0 Å². The van der Waals surface area contributed by atoms with E-state index in [1.54, 1.807) is 0 Å². The Labute approximate surface area is 100 Å². The first-order chi connectivity index (χ1) is 7.15. The first-order valence-electron chi connectivity index (χ1n) is 5.10. The van der Waals surface area contributed by atoms with Gasteiger partial charge >= 0.3 is 0 Å². The molecule has 1 rings (SSSR count). The van der Waals surface area contributed by atoms with Gasteiger partial charge in [-0.3, -0.25) is 0 Å². The summed E-state index contributed by atoms with van der Waals surface area (Å²) in [6.07, 6.45) is 7.96. The van der Waals surface area contributed by atoms with Gasteiger partial charge in [0.25, 0.3) is 0 Å². The maximum absolute atomic E-state index is 6.10. The minimum absolute atomic E-state index is 0.103. The molecular weight excluding hydrogens is 250 g/mol. The second-order valence-electron chi connectivity index (χ2n) is 3.70. The van der Waals surface area contributed by atoms with E-state index in [9.17, 15) is 0 Å². The van der Waals surface area contributed by atoms with Crippen molar-refractivity contribution in [2.45, 2.75) is 32.2 Å². The Morgan fingerprint density at radius 3 is 2.87 bits per heavy atom.